The van der Waals surface area contributed by atoms with E-state index < -0.39 is 17.6 Å². The average molecular weight is 400 g/mol. The smallest absolute Gasteiger partial charge is 0.255 e. The highest BCUT2D eigenvalue weighted by atomic mass is 16.3. The lowest BCUT2D eigenvalue weighted by atomic mass is 9.94. The molecular formula is C21H28N4O4. The first-order valence-electron chi connectivity index (χ1n) is 10.4. The number of aliphatic hydroxyl groups is 1. The first kappa shape index (κ1) is 20.0. The van der Waals surface area contributed by atoms with Crippen molar-refractivity contribution in [3.63, 3.8) is 0 Å². The molecule has 2 fully saturated rings. The molecule has 0 aliphatic carbocycles. The van der Waals surface area contributed by atoms with Gasteiger partial charge < -0.3 is 20.6 Å². The quantitative estimate of drug-likeness (QED) is 0.520. The zero-order valence-electron chi connectivity index (χ0n) is 16.5. The third-order valence-electron chi connectivity index (χ3n) is 6.21. The van der Waals surface area contributed by atoms with Gasteiger partial charge in [0.1, 0.15) is 6.04 Å². The van der Waals surface area contributed by atoms with Crippen molar-refractivity contribution in [2.24, 2.45) is 0 Å². The van der Waals surface area contributed by atoms with Crippen molar-refractivity contribution in [1.82, 2.24) is 20.9 Å². The maximum absolute atomic E-state index is 12.9. The number of benzene rings is 1. The van der Waals surface area contributed by atoms with E-state index in [4.69, 9.17) is 0 Å². The number of amides is 3. The summed E-state index contributed by atoms with van der Waals surface area (Å²) in [4.78, 5) is 38.1. The summed E-state index contributed by atoms with van der Waals surface area (Å²) in [6.45, 7) is 3.17. The van der Waals surface area contributed by atoms with Crippen LogP contribution in [0.3, 0.4) is 0 Å². The van der Waals surface area contributed by atoms with E-state index in [-0.39, 0.29) is 18.2 Å². The topological polar surface area (TPSA) is 111 Å². The SMILES string of the molecule is O=C1CCC(N2Cc3c(CNCC4(O)CCCNCC4)cccc3C2=O)C(=O)N1. The first-order chi connectivity index (χ1) is 14.0. The molecule has 8 nitrogen and oxygen atoms in total. The van der Waals surface area contributed by atoms with Crippen LogP contribution in [0, 0.1) is 0 Å². The maximum atomic E-state index is 12.9. The Balaban J connectivity index is 1.43. The second kappa shape index (κ2) is 8.22. The highest BCUT2D eigenvalue weighted by Gasteiger charge is 2.39. The van der Waals surface area contributed by atoms with Crippen LogP contribution in [0.4, 0.5) is 0 Å². The average Bonchev–Trinajstić information content (AvgIpc) is 2.87. The molecule has 4 N–H and O–H groups in total. The molecule has 3 aliphatic heterocycles. The van der Waals surface area contributed by atoms with Gasteiger partial charge in [0.2, 0.25) is 11.8 Å². The molecule has 0 aromatic heterocycles. The molecule has 1 aromatic carbocycles. The minimum atomic E-state index is -0.712. The summed E-state index contributed by atoms with van der Waals surface area (Å²) in [5.41, 5.74) is 1.83. The Kier molecular flexibility index (Phi) is 5.67. The molecule has 29 heavy (non-hydrogen) atoms. The Labute approximate surface area is 170 Å². The summed E-state index contributed by atoms with van der Waals surface area (Å²) in [6.07, 6.45) is 3.04. The van der Waals surface area contributed by atoms with Gasteiger partial charge in [-0.3, -0.25) is 19.7 Å². The van der Waals surface area contributed by atoms with Gasteiger partial charge in [0.05, 0.1) is 5.60 Å². The van der Waals surface area contributed by atoms with Crippen LogP contribution < -0.4 is 16.0 Å². The van der Waals surface area contributed by atoms with Gasteiger partial charge in [-0.15, -0.1) is 0 Å². The lowest BCUT2D eigenvalue weighted by molar-refractivity contribution is -0.136. The summed E-state index contributed by atoms with van der Waals surface area (Å²) in [6, 6.07) is 5.02. The molecule has 2 unspecified atom stereocenters. The summed E-state index contributed by atoms with van der Waals surface area (Å²) >= 11 is 0. The Morgan fingerprint density at radius 3 is 2.90 bits per heavy atom. The molecule has 0 saturated carbocycles. The molecule has 4 rings (SSSR count). The standard InChI is InChI=1S/C21H28N4O4/c26-18-6-5-17(19(27)24-18)25-12-16-14(3-1-4-15(16)20(25)28)11-23-13-21(29)7-2-9-22-10-8-21/h1,3-4,17,22-23,29H,2,5-13H2,(H,24,26,27). The van der Waals surface area contributed by atoms with E-state index in [0.29, 0.717) is 38.0 Å². The number of carbonyl (C=O) groups excluding carboxylic acids is 3. The summed E-state index contributed by atoms with van der Waals surface area (Å²) in [7, 11) is 0. The zero-order valence-corrected chi connectivity index (χ0v) is 16.5. The van der Waals surface area contributed by atoms with Gasteiger partial charge in [-0.25, -0.2) is 0 Å². The largest absolute Gasteiger partial charge is 0.389 e. The molecule has 1 aromatic rings. The Morgan fingerprint density at radius 1 is 1.21 bits per heavy atom. The molecule has 156 valence electrons. The van der Waals surface area contributed by atoms with Crippen LogP contribution >= 0.6 is 0 Å². The van der Waals surface area contributed by atoms with Crippen molar-refractivity contribution < 1.29 is 19.5 Å². The molecule has 0 bridgehead atoms. The summed E-state index contributed by atoms with van der Waals surface area (Å²) in [5, 5.41) is 19.8. The molecule has 8 heteroatoms. The van der Waals surface area contributed by atoms with E-state index in [1.165, 1.54) is 0 Å². The maximum Gasteiger partial charge on any atom is 0.255 e. The summed E-state index contributed by atoms with van der Waals surface area (Å²) < 4.78 is 0. The molecule has 2 atom stereocenters. The lowest BCUT2D eigenvalue weighted by Crippen LogP contribution is -2.52. The second-order valence-electron chi connectivity index (χ2n) is 8.27. The van der Waals surface area contributed by atoms with Crippen molar-refractivity contribution in [2.45, 2.75) is 56.8 Å². The highest BCUT2D eigenvalue weighted by Crippen LogP contribution is 2.30. The Bertz CT molecular complexity index is 817. The molecule has 0 spiro atoms. The van der Waals surface area contributed by atoms with Crippen molar-refractivity contribution in [3.8, 4) is 0 Å². The number of rotatable bonds is 5. The van der Waals surface area contributed by atoms with Gasteiger partial charge in [-0.2, -0.15) is 0 Å². The van der Waals surface area contributed by atoms with Gasteiger partial charge >= 0.3 is 0 Å². The second-order valence-corrected chi connectivity index (χ2v) is 8.27. The van der Waals surface area contributed by atoms with Gasteiger partial charge in [0.25, 0.3) is 5.91 Å². The van der Waals surface area contributed by atoms with Gasteiger partial charge in [-0.05, 0) is 56.0 Å². The van der Waals surface area contributed by atoms with Gasteiger partial charge in [0.15, 0.2) is 0 Å². The van der Waals surface area contributed by atoms with Gasteiger partial charge in [-0.1, -0.05) is 12.1 Å². The normalized spacial score (nSPS) is 27.6. The number of piperidine rings is 1. The van der Waals surface area contributed by atoms with E-state index in [0.717, 1.165) is 37.1 Å². The molecule has 0 radical (unpaired) electrons. The van der Waals surface area contributed by atoms with Crippen LogP contribution in [0.15, 0.2) is 18.2 Å². The zero-order chi connectivity index (χ0) is 20.4. The number of hydrogen-bond donors (Lipinski definition) is 4. The van der Waals surface area contributed by atoms with Crippen molar-refractivity contribution in [3.05, 3.63) is 34.9 Å². The van der Waals surface area contributed by atoms with Crippen molar-refractivity contribution >= 4 is 17.7 Å². The van der Waals surface area contributed by atoms with Gasteiger partial charge in [0, 0.05) is 31.6 Å². The van der Waals surface area contributed by atoms with Crippen LogP contribution in [-0.4, -0.2) is 59.0 Å². The highest BCUT2D eigenvalue weighted by molar-refractivity contribution is 6.05. The molecular weight excluding hydrogens is 372 g/mol. The number of nitrogens with one attached hydrogen (secondary N) is 3. The van der Waals surface area contributed by atoms with E-state index in [1.807, 2.05) is 12.1 Å². The number of carbonyl (C=O) groups is 3. The number of imide groups is 1. The van der Waals surface area contributed by atoms with Crippen LogP contribution in [0.1, 0.15) is 53.6 Å². The van der Waals surface area contributed by atoms with Crippen LogP contribution in [0.5, 0.6) is 0 Å². The fourth-order valence-corrected chi connectivity index (χ4v) is 4.54. The van der Waals surface area contributed by atoms with E-state index in [2.05, 4.69) is 16.0 Å². The number of hydrogen-bond acceptors (Lipinski definition) is 6. The fraction of sp³-hybridized carbons (Fsp3) is 0.571. The van der Waals surface area contributed by atoms with Crippen molar-refractivity contribution in [1.29, 1.82) is 0 Å². The Hall–Kier alpha value is -2.29. The third kappa shape index (κ3) is 4.19. The number of nitrogens with zero attached hydrogens (tertiary/aromatic N) is 1. The minimum Gasteiger partial charge on any atom is -0.389 e. The molecule has 3 amide bonds. The van der Waals surface area contributed by atoms with E-state index in [1.54, 1.807) is 11.0 Å². The lowest BCUT2D eigenvalue weighted by Gasteiger charge is -2.29. The van der Waals surface area contributed by atoms with E-state index in [9.17, 15) is 19.5 Å². The monoisotopic (exact) mass is 400 g/mol. The number of fused-ring (bicyclic) bond motifs is 1. The van der Waals surface area contributed by atoms with Crippen molar-refractivity contribution in [2.75, 3.05) is 19.6 Å². The predicted molar refractivity (Wildman–Crippen MR) is 106 cm³/mol. The van der Waals surface area contributed by atoms with Crippen LogP contribution in [0.25, 0.3) is 0 Å². The Morgan fingerprint density at radius 2 is 2.07 bits per heavy atom. The molecule has 3 heterocycles. The summed E-state index contributed by atoms with van der Waals surface area (Å²) in [5.74, 6) is -0.844. The third-order valence-corrected chi connectivity index (χ3v) is 6.21. The predicted octanol–water partition coefficient (Wildman–Crippen LogP) is 0.0418. The minimum absolute atomic E-state index is 0.162. The van der Waals surface area contributed by atoms with E-state index >= 15 is 0 Å². The first-order valence-corrected chi connectivity index (χ1v) is 10.4. The van der Waals surface area contributed by atoms with Crippen LogP contribution in [0.2, 0.25) is 0 Å². The van der Waals surface area contributed by atoms with Crippen LogP contribution in [-0.2, 0) is 22.7 Å². The molecule has 2 saturated heterocycles. The fourth-order valence-electron chi connectivity index (χ4n) is 4.54. The molecule has 3 aliphatic rings.